The van der Waals surface area contributed by atoms with E-state index < -0.39 is 24.1 Å². The van der Waals surface area contributed by atoms with E-state index in [2.05, 4.69) is 22.9 Å². The number of anilines is 1. The number of hydrogen-bond acceptors (Lipinski definition) is 5. The Kier molecular flexibility index (Phi) is 6.37. The predicted molar refractivity (Wildman–Crippen MR) is 121 cm³/mol. The quantitative estimate of drug-likeness (QED) is 0.469. The summed E-state index contributed by atoms with van der Waals surface area (Å²) in [5, 5.41) is 11.4. The van der Waals surface area contributed by atoms with Gasteiger partial charge in [-0.15, -0.1) is 0 Å². The van der Waals surface area contributed by atoms with Gasteiger partial charge in [-0.25, -0.2) is 15.1 Å². The molecule has 33 heavy (non-hydrogen) atoms. The molecule has 1 unspecified atom stereocenters. The molecule has 0 aliphatic heterocycles. The lowest BCUT2D eigenvalue weighted by atomic mass is 9.98. The summed E-state index contributed by atoms with van der Waals surface area (Å²) in [4.78, 5) is 40.6. The second-order valence-electron chi connectivity index (χ2n) is 7.53. The first kappa shape index (κ1) is 22.0. The number of nitrogens with one attached hydrogen (secondary N) is 2. The molecule has 0 spiro atoms. The van der Waals surface area contributed by atoms with Gasteiger partial charge in [-0.1, -0.05) is 60.7 Å². The van der Waals surface area contributed by atoms with E-state index in [-0.39, 0.29) is 23.8 Å². The molecule has 0 radical (unpaired) electrons. The highest BCUT2D eigenvalue weighted by atomic mass is 16.7. The Morgan fingerprint density at radius 1 is 0.909 bits per heavy atom. The number of aliphatic carboxylic acids is 1. The van der Waals surface area contributed by atoms with Crippen molar-refractivity contribution >= 4 is 23.7 Å². The van der Waals surface area contributed by atoms with Crippen LogP contribution in [0.5, 0.6) is 0 Å². The first-order chi connectivity index (χ1) is 16.0. The SMILES string of the molecule is CC(ONC(=O)c1ccccc1NC(=O)OCC1c2ccccc2-c2ccccc21)C(=O)O. The van der Waals surface area contributed by atoms with Gasteiger partial charge in [0.1, 0.15) is 6.61 Å². The van der Waals surface area contributed by atoms with Gasteiger partial charge in [-0.3, -0.25) is 14.9 Å². The number of hydroxylamine groups is 1. The van der Waals surface area contributed by atoms with Gasteiger partial charge in [0.2, 0.25) is 0 Å². The number of carboxylic acid groups (broad SMARTS) is 1. The average molecular weight is 446 g/mol. The number of fused-ring (bicyclic) bond motifs is 3. The molecule has 3 N–H and O–H groups in total. The number of carbonyl (C=O) groups excluding carboxylic acids is 2. The second-order valence-corrected chi connectivity index (χ2v) is 7.53. The molecule has 1 aliphatic carbocycles. The number of para-hydroxylation sites is 1. The lowest BCUT2D eigenvalue weighted by Crippen LogP contribution is -2.33. The molecule has 3 aromatic rings. The molecule has 0 heterocycles. The first-order valence-corrected chi connectivity index (χ1v) is 10.4. The maximum atomic E-state index is 12.5. The highest BCUT2D eigenvalue weighted by Gasteiger charge is 2.29. The summed E-state index contributed by atoms with van der Waals surface area (Å²) in [6.45, 7) is 1.41. The number of benzene rings is 3. The zero-order valence-corrected chi connectivity index (χ0v) is 17.8. The van der Waals surface area contributed by atoms with Gasteiger partial charge in [0, 0.05) is 5.92 Å². The summed E-state index contributed by atoms with van der Waals surface area (Å²) in [6, 6.07) is 22.3. The molecule has 0 saturated heterocycles. The zero-order chi connectivity index (χ0) is 23.4. The van der Waals surface area contributed by atoms with Gasteiger partial charge in [-0.2, -0.15) is 0 Å². The number of amides is 2. The van der Waals surface area contributed by atoms with E-state index in [4.69, 9.17) is 14.7 Å². The van der Waals surface area contributed by atoms with Crippen molar-refractivity contribution in [2.24, 2.45) is 0 Å². The van der Waals surface area contributed by atoms with Crippen molar-refractivity contribution in [2.75, 3.05) is 11.9 Å². The number of hydrogen-bond donors (Lipinski definition) is 3. The van der Waals surface area contributed by atoms with Crippen LogP contribution in [0.4, 0.5) is 10.5 Å². The van der Waals surface area contributed by atoms with E-state index in [0.717, 1.165) is 22.3 Å². The van der Waals surface area contributed by atoms with Crippen LogP contribution in [-0.2, 0) is 14.4 Å². The molecule has 3 aromatic carbocycles. The van der Waals surface area contributed by atoms with Crippen molar-refractivity contribution in [1.82, 2.24) is 5.48 Å². The molecule has 168 valence electrons. The molecule has 4 rings (SSSR count). The summed E-state index contributed by atoms with van der Waals surface area (Å²) < 4.78 is 5.52. The molecule has 0 saturated carbocycles. The lowest BCUT2D eigenvalue weighted by Gasteiger charge is -2.16. The third-order valence-electron chi connectivity index (χ3n) is 5.43. The Labute approximate surface area is 190 Å². The molecule has 8 heteroatoms. The minimum Gasteiger partial charge on any atom is -0.479 e. The van der Waals surface area contributed by atoms with Crippen LogP contribution in [-0.4, -0.2) is 35.8 Å². The fraction of sp³-hybridized carbons (Fsp3) is 0.160. The van der Waals surface area contributed by atoms with Gasteiger partial charge in [-0.05, 0) is 41.3 Å². The van der Waals surface area contributed by atoms with Crippen LogP contribution in [0.25, 0.3) is 11.1 Å². The molecule has 0 aromatic heterocycles. The fourth-order valence-corrected chi connectivity index (χ4v) is 3.78. The highest BCUT2D eigenvalue weighted by molar-refractivity contribution is 6.02. The van der Waals surface area contributed by atoms with Crippen molar-refractivity contribution in [3.8, 4) is 11.1 Å². The van der Waals surface area contributed by atoms with E-state index in [1.807, 2.05) is 36.4 Å². The summed E-state index contributed by atoms with van der Waals surface area (Å²) >= 11 is 0. The van der Waals surface area contributed by atoms with Crippen molar-refractivity contribution in [2.45, 2.75) is 18.9 Å². The Bertz CT molecular complexity index is 1160. The average Bonchev–Trinajstić information content (AvgIpc) is 3.15. The number of ether oxygens (including phenoxy) is 1. The number of carboxylic acids is 1. The van der Waals surface area contributed by atoms with Gasteiger partial charge in [0.25, 0.3) is 5.91 Å². The molecule has 0 fully saturated rings. The summed E-state index contributed by atoms with van der Waals surface area (Å²) in [5.74, 6) is -2.01. The van der Waals surface area contributed by atoms with E-state index in [1.165, 1.54) is 19.1 Å². The van der Waals surface area contributed by atoms with Gasteiger partial charge >= 0.3 is 12.1 Å². The molecule has 2 amide bonds. The van der Waals surface area contributed by atoms with Crippen LogP contribution in [0.15, 0.2) is 72.8 Å². The third kappa shape index (κ3) is 4.70. The van der Waals surface area contributed by atoms with Crippen molar-refractivity contribution in [3.63, 3.8) is 0 Å². The largest absolute Gasteiger partial charge is 0.479 e. The summed E-state index contributed by atoms with van der Waals surface area (Å²) in [7, 11) is 0. The monoisotopic (exact) mass is 446 g/mol. The standard InChI is InChI=1S/C25H22N2O6/c1-15(24(29)30)33-27-23(28)20-12-6-7-13-22(20)26-25(31)32-14-21-18-10-4-2-8-16(18)17-9-3-5-11-19(17)21/h2-13,15,21H,14H2,1H3,(H,26,31)(H,27,28)(H,29,30). The number of carbonyl (C=O) groups is 3. The van der Waals surface area contributed by atoms with Crippen molar-refractivity contribution in [1.29, 1.82) is 0 Å². The maximum Gasteiger partial charge on any atom is 0.411 e. The van der Waals surface area contributed by atoms with Gasteiger partial charge in [0.15, 0.2) is 6.10 Å². The molecular weight excluding hydrogens is 424 g/mol. The Hall–Kier alpha value is -4.17. The lowest BCUT2D eigenvalue weighted by molar-refractivity contribution is -0.152. The molecule has 1 aliphatic rings. The van der Waals surface area contributed by atoms with Gasteiger partial charge < -0.3 is 9.84 Å². The van der Waals surface area contributed by atoms with E-state index in [0.29, 0.717) is 0 Å². The Balaban J connectivity index is 1.42. The molecular formula is C25H22N2O6. The van der Waals surface area contributed by atoms with E-state index in [1.54, 1.807) is 12.1 Å². The van der Waals surface area contributed by atoms with Crippen LogP contribution < -0.4 is 10.8 Å². The Morgan fingerprint density at radius 3 is 2.12 bits per heavy atom. The highest BCUT2D eigenvalue weighted by Crippen LogP contribution is 2.44. The number of rotatable bonds is 7. The molecule has 0 bridgehead atoms. The van der Waals surface area contributed by atoms with Crippen molar-refractivity contribution < 1.29 is 29.1 Å². The fourth-order valence-electron chi connectivity index (χ4n) is 3.78. The van der Waals surface area contributed by atoms with Crippen LogP contribution >= 0.6 is 0 Å². The van der Waals surface area contributed by atoms with Crippen LogP contribution in [0, 0.1) is 0 Å². The summed E-state index contributed by atoms with van der Waals surface area (Å²) in [5.41, 5.74) is 6.82. The first-order valence-electron chi connectivity index (χ1n) is 10.4. The van der Waals surface area contributed by atoms with Crippen LogP contribution in [0.1, 0.15) is 34.3 Å². The maximum absolute atomic E-state index is 12.5. The Morgan fingerprint density at radius 2 is 1.48 bits per heavy atom. The summed E-state index contributed by atoms with van der Waals surface area (Å²) in [6.07, 6.45) is -1.94. The third-order valence-corrected chi connectivity index (χ3v) is 5.43. The van der Waals surface area contributed by atoms with Gasteiger partial charge in [0.05, 0.1) is 11.3 Å². The van der Waals surface area contributed by atoms with E-state index in [9.17, 15) is 14.4 Å². The topological polar surface area (TPSA) is 114 Å². The predicted octanol–water partition coefficient (Wildman–Crippen LogP) is 4.18. The van der Waals surface area contributed by atoms with Crippen LogP contribution in [0.3, 0.4) is 0 Å². The minimum absolute atomic E-state index is 0.0902. The second kappa shape index (κ2) is 9.54. The smallest absolute Gasteiger partial charge is 0.411 e. The molecule has 8 nitrogen and oxygen atoms in total. The normalized spacial score (nSPS) is 12.9. The van der Waals surface area contributed by atoms with Crippen molar-refractivity contribution in [3.05, 3.63) is 89.5 Å². The zero-order valence-electron chi connectivity index (χ0n) is 17.8. The van der Waals surface area contributed by atoms with Crippen LogP contribution in [0.2, 0.25) is 0 Å². The van der Waals surface area contributed by atoms with E-state index >= 15 is 0 Å². The minimum atomic E-state index is -1.23. The molecule has 1 atom stereocenters.